The summed E-state index contributed by atoms with van der Waals surface area (Å²) < 4.78 is 4.92. The third kappa shape index (κ3) is 3.30. The highest BCUT2D eigenvalue weighted by Crippen LogP contribution is 2.26. The van der Waals surface area contributed by atoms with Gasteiger partial charge in [-0.2, -0.15) is 0 Å². The van der Waals surface area contributed by atoms with Gasteiger partial charge in [-0.1, -0.05) is 20.3 Å². The van der Waals surface area contributed by atoms with Crippen LogP contribution in [0, 0.1) is 0 Å². The van der Waals surface area contributed by atoms with Crippen LogP contribution in [0.25, 0.3) is 0 Å². The molecule has 0 radical (unpaired) electrons. The second-order valence-electron chi connectivity index (χ2n) is 3.69. The largest absolute Gasteiger partial charge is 0.461 e. The predicted molar refractivity (Wildman–Crippen MR) is 66.0 cm³/mol. The number of ether oxygens (including phenoxy) is 1. The molecule has 4 heteroatoms. The van der Waals surface area contributed by atoms with Crippen molar-refractivity contribution in [3.8, 4) is 0 Å². The van der Waals surface area contributed by atoms with Crippen LogP contribution in [0.3, 0.4) is 0 Å². The van der Waals surface area contributed by atoms with Crippen LogP contribution in [0.1, 0.15) is 61.4 Å². The first-order chi connectivity index (χ1) is 7.72. The molecule has 0 aliphatic heterocycles. The number of nitrogens with zero attached hydrogens (tertiary/aromatic N) is 1. The van der Waals surface area contributed by atoms with Crippen molar-refractivity contribution in [1.29, 1.82) is 0 Å². The first-order valence-electron chi connectivity index (χ1n) is 5.85. The summed E-state index contributed by atoms with van der Waals surface area (Å²) in [5, 5.41) is 2.46. The first kappa shape index (κ1) is 13.2. The zero-order chi connectivity index (χ0) is 12.0. The highest BCUT2D eigenvalue weighted by Gasteiger charge is 2.16. The third-order valence-electron chi connectivity index (χ3n) is 2.52. The average molecular weight is 241 g/mol. The summed E-state index contributed by atoms with van der Waals surface area (Å²) in [4.78, 5) is 15.8. The molecule has 0 bridgehead atoms. The molecule has 0 saturated carbocycles. The van der Waals surface area contributed by atoms with Crippen LogP contribution in [-0.2, 0) is 4.74 Å². The van der Waals surface area contributed by atoms with E-state index in [1.165, 1.54) is 11.3 Å². The highest BCUT2D eigenvalue weighted by atomic mass is 32.1. The minimum atomic E-state index is -0.301. The van der Waals surface area contributed by atoms with Crippen LogP contribution in [0.15, 0.2) is 5.38 Å². The summed E-state index contributed by atoms with van der Waals surface area (Å²) in [5.74, 6) is 0.175. The van der Waals surface area contributed by atoms with Crippen molar-refractivity contribution in [3.63, 3.8) is 0 Å². The molecule has 3 nitrogen and oxygen atoms in total. The number of esters is 1. The molecule has 0 fully saturated rings. The lowest BCUT2D eigenvalue weighted by Crippen LogP contribution is -2.05. The molecule has 1 aromatic rings. The van der Waals surface area contributed by atoms with Crippen molar-refractivity contribution in [2.75, 3.05) is 6.61 Å². The van der Waals surface area contributed by atoms with E-state index in [0.29, 0.717) is 17.5 Å². The van der Waals surface area contributed by atoms with E-state index in [0.717, 1.165) is 25.0 Å². The van der Waals surface area contributed by atoms with Gasteiger partial charge < -0.3 is 4.74 Å². The van der Waals surface area contributed by atoms with Crippen molar-refractivity contribution in [2.24, 2.45) is 0 Å². The number of thiazole rings is 1. The molecule has 0 aromatic carbocycles. The smallest absolute Gasteiger partial charge is 0.367 e. The lowest BCUT2D eigenvalue weighted by atomic mass is 9.98. The van der Waals surface area contributed by atoms with Gasteiger partial charge in [-0.15, -0.1) is 11.3 Å². The Morgan fingerprint density at radius 1 is 1.50 bits per heavy atom. The van der Waals surface area contributed by atoms with Crippen molar-refractivity contribution < 1.29 is 9.53 Å². The molecule has 0 amide bonds. The molecule has 1 aromatic heterocycles. The van der Waals surface area contributed by atoms with Gasteiger partial charge in [0.2, 0.25) is 5.01 Å². The molecule has 0 aliphatic carbocycles. The van der Waals surface area contributed by atoms with E-state index < -0.39 is 0 Å². The lowest BCUT2D eigenvalue weighted by molar-refractivity contribution is 0.0525. The Balaban J connectivity index is 2.72. The zero-order valence-corrected chi connectivity index (χ0v) is 11.0. The molecule has 1 rings (SSSR count). The van der Waals surface area contributed by atoms with E-state index in [4.69, 9.17) is 4.74 Å². The van der Waals surface area contributed by atoms with E-state index in [1.807, 2.05) is 5.38 Å². The Morgan fingerprint density at radius 3 is 2.81 bits per heavy atom. The molecule has 0 aliphatic rings. The summed E-state index contributed by atoms with van der Waals surface area (Å²) in [6.07, 6.45) is 3.34. The SMILES string of the molecule is CCCC(CC)c1csc(C(=O)OCC)n1. The van der Waals surface area contributed by atoms with Crippen LogP contribution in [-0.4, -0.2) is 17.6 Å². The summed E-state index contributed by atoms with van der Waals surface area (Å²) in [5.41, 5.74) is 1.04. The van der Waals surface area contributed by atoms with Gasteiger partial charge in [0, 0.05) is 11.3 Å². The number of carbonyl (C=O) groups is 1. The van der Waals surface area contributed by atoms with Gasteiger partial charge in [-0.05, 0) is 19.8 Å². The predicted octanol–water partition coefficient (Wildman–Crippen LogP) is 3.61. The summed E-state index contributed by atoms with van der Waals surface area (Å²) in [7, 11) is 0. The fourth-order valence-electron chi connectivity index (χ4n) is 1.67. The molecule has 16 heavy (non-hydrogen) atoms. The topological polar surface area (TPSA) is 39.2 Å². The minimum absolute atomic E-state index is 0.301. The number of carbonyl (C=O) groups excluding carboxylic acids is 1. The molecule has 90 valence electrons. The van der Waals surface area contributed by atoms with E-state index in [2.05, 4.69) is 18.8 Å². The third-order valence-corrected chi connectivity index (χ3v) is 3.36. The van der Waals surface area contributed by atoms with Crippen molar-refractivity contribution >= 4 is 17.3 Å². The average Bonchev–Trinajstić information content (AvgIpc) is 2.75. The summed E-state index contributed by atoms with van der Waals surface area (Å²) >= 11 is 1.38. The van der Waals surface area contributed by atoms with Crippen LogP contribution < -0.4 is 0 Å². The van der Waals surface area contributed by atoms with E-state index in [1.54, 1.807) is 6.92 Å². The van der Waals surface area contributed by atoms with Gasteiger partial charge >= 0.3 is 5.97 Å². The maximum Gasteiger partial charge on any atom is 0.367 e. The normalized spacial score (nSPS) is 12.4. The fraction of sp³-hybridized carbons (Fsp3) is 0.667. The molecule has 1 heterocycles. The summed E-state index contributed by atoms with van der Waals surface area (Å²) in [6.45, 7) is 6.53. The van der Waals surface area contributed by atoms with Crippen molar-refractivity contribution in [3.05, 3.63) is 16.1 Å². The number of aromatic nitrogens is 1. The standard InChI is InChI=1S/C12H19NO2S/c1-4-7-9(5-2)10-8-16-11(13-10)12(14)15-6-3/h8-9H,4-7H2,1-3H3. The van der Waals surface area contributed by atoms with Gasteiger partial charge in [-0.25, -0.2) is 9.78 Å². The quantitative estimate of drug-likeness (QED) is 0.714. The number of hydrogen-bond acceptors (Lipinski definition) is 4. The van der Waals surface area contributed by atoms with Gasteiger partial charge in [0.25, 0.3) is 0 Å². The second kappa shape index (κ2) is 6.63. The molecular formula is C12H19NO2S. The Bertz CT molecular complexity index is 336. The minimum Gasteiger partial charge on any atom is -0.461 e. The second-order valence-corrected chi connectivity index (χ2v) is 4.55. The van der Waals surface area contributed by atoms with Crippen LogP contribution in [0.5, 0.6) is 0 Å². The number of rotatable bonds is 6. The van der Waals surface area contributed by atoms with Crippen molar-refractivity contribution in [1.82, 2.24) is 4.98 Å². The van der Waals surface area contributed by atoms with E-state index in [9.17, 15) is 4.79 Å². The Labute approximate surface area is 101 Å². The molecule has 1 atom stereocenters. The maximum absolute atomic E-state index is 11.5. The molecule has 0 saturated heterocycles. The maximum atomic E-state index is 11.5. The Hall–Kier alpha value is -0.900. The van der Waals surface area contributed by atoms with E-state index >= 15 is 0 Å². The Morgan fingerprint density at radius 2 is 2.25 bits per heavy atom. The molecule has 0 spiro atoms. The van der Waals surface area contributed by atoms with Gasteiger partial charge in [0.1, 0.15) is 0 Å². The van der Waals surface area contributed by atoms with Gasteiger partial charge in [0.15, 0.2) is 0 Å². The number of hydrogen-bond donors (Lipinski definition) is 0. The van der Waals surface area contributed by atoms with Crippen LogP contribution >= 0.6 is 11.3 Å². The lowest BCUT2D eigenvalue weighted by Gasteiger charge is -2.09. The first-order valence-corrected chi connectivity index (χ1v) is 6.73. The van der Waals surface area contributed by atoms with E-state index in [-0.39, 0.29) is 5.97 Å². The van der Waals surface area contributed by atoms with Crippen molar-refractivity contribution in [2.45, 2.75) is 46.0 Å². The van der Waals surface area contributed by atoms with Gasteiger partial charge in [0.05, 0.1) is 12.3 Å². The van der Waals surface area contributed by atoms with Crippen LogP contribution in [0.4, 0.5) is 0 Å². The molecular weight excluding hydrogens is 222 g/mol. The molecule has 0 N–H and O–H groups in total. The zero-order valence-electron chi connectivity index (χ0n) is 10.2. The Kier molecular flexibility index (Phi) is 5.46. The monoisotopic (exact) mass is 241 g/mol. The van der Waals surface area contributed by atoms with Gasteiger partial charge in [-0.3, -0.25) is 0 Å². The molecule has 1 unspecified atom stereocenters. The fourth-order valence-corrected chi connectivity index (χ4v) is 2.46. The van der Waals surface area contributed by atoms with Crippen LogP contribution in [0.2, 0.25) is 0 Å². The highest BCUT2D eigenvalue weighted by molar-refractivity contribution is 7.11. The summed E-state index contributed by atoms with van der Waals surface area (Å²) in [6, 6.07) is 0.